The molecule has 2 unspecified atom stereocenters. The number of hydrogen-bond acceptors (Lipinski definition) is 3. The number of rotatable bonds is 4. The van der Waals surface area contributed by atoms with Gasteiger partial charge in [0.2, 0.25) is 5.91 Å². The van der Waals surface area contributed by atoms with Crippen molar-refractivity contribution in [1.29, 1.82) is 0 Å². The molecule has 1 N–H and O–H groups in total. The zero-order valence-electron chi connectivity index (χ0n) is 11.0. The van der Waals surface area contributed by atoms with Gasteiger partial charge in [0.1, 0.15) is 0 Å². The van der Waals surface area contributed by atoms with Crippen LogP contribution in [0, 0.1) is 5.41 Å². The van der Waals surface area contributed by atoms with Gasteiger partial charge in [0, 0.05) is 25.1 Å². The Morgan fingerprint density at radius 1 is 1.44 bits per heavy atom. The predicted molar refractivity (Wildman–Crippen MR) is 65.1 cm³/mol. The molecule has 0 bridgehead atoms. The van der Waals surface area contributed by atoms with Gasteiger partial charge in [-0.05, 0) is 19.3 Å². The Hall–Kier alpha value is -1.10. The number of carboxylic acids is 1. The molecule has 2 atom stereocenters. The Morgan fingerprint density at radius 3 is 2.56 bits per heavy atom. The first-order valence-corrected chi connectivity index (χ1v) is 6.52. The molecule has 18 heavy (non-hydrogen) atoms. The number of amides is 1. The highest BCUT2D eigenvalue weighted by atomic mass is 16.5. The average Bonchev–Trinajstić information content (AvgIpc) is 2.67. The quantitative estimate of drug-likeness (QED) is 0.821. The number of aliphatic carboxylic acids is 1. The molecule has 1 heterocycles. The van der Waals surface area contributed by atoms with Crippen LogP contribution in [0.5, 0.6) is 0 Å². The summed E-state index contributed by atoms with van der Waals surface area (Å²) in [6.07, 6.45) is 3.54. The largest absolute Gasteiger partial charge is 0.481 e. The van der Waals surface area contributed by atoms with Gasteiger partial charge in [-0.2, -0.15) is 0 Å². The lowest BCUT2D eigenvalue weighted by Crippen LogP contribution is -2.48. The second-order valence-corrected chi connectivity index (χ2v) is 5.72. The van der Waals surface area contributed by atoms with E-state index >= 15 is 0 Å². The van der Waals surface area contributed by atoms with Crippen molar-refractivity contribution < 1.29 is 19.4 Å². The highest BCUT2D eigenvalue weighted by molar-refractivity contribution is 5.84. The third kappa shape index (κ3) is 2.36. The fourth-order valence-corrected chi connectivity index (χ4v) is 2.96. The number of nitrogens with zero attached hydrogens (tertiary/aromatic N) is 1. The predicted octanol–water partition coefficient (Wildman–Crippen LogP) is 1.27. The van der Waals surface area contributed by atoms with Gasteiger partial charge in [-0.1, -0.05) is 13.3 Å². The van der Waals surface area contributed by atoms with Crippen LogP contribution >= 0.6 is 0 Å². The second kappa shape index (κ2) is 4.88. The Morgan fingerprint density at radius 2 is 2.11 bits per heavy atom. The molecule has 0 aromatic carbocycles. The van der Waals surface area contributed by atoms with Crippen molar-refractivity contribution in [1.82, 2.24) is 4.90 Å². The second-order valence-electron chi connectivity index (χ2n) is 5.72. The lowest BCUT2D eigenvalue weighted by Gasteiger charge is -2.41. The maximum absolute atomic E-state index is 12.5. The normalized spacial score (nSPS) is 30.0. The van der Waals surface area contributed by atoms with Crippen molar-refractivity contribution >= 4 is 11.9 Å². The molecule has 1 saturated carbocycles. The highest BCUT2D eigenvalue weighted by Gasteiger charge is 2.46. The standard InChI is InChI=1S/C13H21NO4/c1-13(4-3-5-13)12(17)14-8-10(18-2)6-9(14)7-11(15)16/h9-10H,3-8H2,1-2H3,(H,15,16). The molecule has 0 spiro atoms. The van der Waals surface area contributed by atoms with Crippen molar-refractivity contribution in [3.05, 3.63) is 0 Å². The van der Waals surface area contributed by atoms with Gasteiger partial charge in [0.25, 0.3) is 0 Å². The lowest BCUT2D eigenvalue weighted by molar-refractivity contribution is -0.148. The molecule has 1 amide bonds. The molecule has 5 nitrogen and oxygen atoms in total. The topological polar surface area (TPSA) is 66.8 Å². The molecular formula is C13H21NO4. The van der Waals surface area contributed by atoms with Crippen LogP contribution in [0.2, 0.25) is 0 Å². The number of methoxy groups -OCH3 is 1. The molecule has 1 aliphatic carbocycles. The number of carboxylic acid groups (broad SMARTS) is 1. The van der Waals surface area contributed by atoms with Gasteiger partial charge in [-0.15, -0.1) is 0 Å². The van der Waals surface area contributed by atoms with Gasteiger partial charge in [0.05, 0.1) is 12.5 Å². The maximum Gasteiger partial charge on any atom is 0.305 e. The van der Waals surface area contributed by atoms with Crippen LogP contribution < -0.4 is 0 Å². The number of carbonyl (C=O) groups excluding carboxylic acids is 1. The molecule has 2 aliphatic rings. The highest BCUT2D eigenvalue weighted by Crippen LogP contribution is 2.43. The zero-order chi connectivity index (χ0) is 13.3. The molecule has 5 heteroatoms. The van der Waals surface area contributed by atoms with Crippen LogP contribution in [0.15, 0.2) is 0 Å². The number of hydrogen-bond donors (Lipinski definition) is 1. The van der Waals surface area contributed by atoms with Crippen molar-refractivity contribution in [3.63, 3.8) is 0 Å². The first kappa shape index (κ1) is 13.3. The molecule has 1 saturated heterocycles. The fourth-order valence-electron chi connectivity index (χ4n) is 2.96. The minimum absolute atomic E-state index is 0.0156. The van der Waals surface area contributed by atoms with Crippen LogP contribution in [0.25, 0.3) is 0 Å². The van der Waals surface area contributed by atoms with Crippen LogP contribution in [0.3, 0.4) is 0 Å². The molecule has 2 fully saturated rings. The van der Waals surface area contributed by atoms with Gasteiger partial charge >= 0.3 is 5.97 Å². The van der Waals surface area contributed by atoms with E-state index in [4.69, 9.17) is 9.84 Å². The molecule has 102 valence electrons. The molecule has 0 aromatic heterocycles. The third-order valence-electron chi connectivity index (χ3n) is 4.35. The Bertz CT molecular complexity index is 351. The van der Waals surface area contributed by atoms with E-state index in [1.54, 1.807) is 12.0 Å². The van der Waals surface area contributed by atoms with Gasteiger partial charge < -0.3 is 14.7 Å². The van der Waals surface area contributed by atoms with Crippen molar-refractivity contribution in [2.24, 2.45) is 5.41 Å². The van der Waals surface area contributed by atoms with Crippen molar-refractivity contribution in [3.8, 4) is 0 Å². The zero-order valence-corrected chi connectivity index (χ0v) is 11.0. The molecular weight excluding hydrogens is 234 g/mol. The van der Waals surface area contributed by atoms with E-state index in [0.29, 0.717) is 13.0 Å². The minimum atomic E-state index is -0.853. The van der Waals surface area contributed by atoms with E-state index in [9.17, 15) is 9.59 Å². The first-order valence-electron chi connectivity index (χ1n) is 6.52. The van der Waals surface area contributed by atoms with E-state index < -0.39 is 5.97 Å². The SMILES string of the molecule is COC1CC(CC(=O)O)N(C(=O)C2(C)CCC2)C1. The van der Waals surface area contributed by atoms with Gasteiger partial charge in [-0.3, -0.25) is 9.59 Å². The summed E-state index contributed by atoms with van der Waals surface area (Å²) in [4.78, 5) is 25.1. The monoisotopic (exact) mass is 255 g/mol. The lowest BCUT2D eigenvalue weighted by atomic mass is 9.69. The average molecular weight is 255 g/mol. The van der Waals surface area contributed by atoms with Crippen LogP contribution in [-0.2, 0) is 14.3 Å². The smallest absolute Gasteiger partial charge is 0.305 e. The van der Waals surface area contributed by atoms with Crippen LogP contribution in [-0.4, -0.2) is 47.7 Å². The summed E-state index contributed by atoms with van der Waals surface area (Å²) in [7, 11) is 1.61. The van der Waals surface area contributed by atoms with Crippen LogP contribution in [0.4, 0.5) is 0 Å². The summed E-state index contributed by atoms with van der Waals surface area (Å²) in [6, 6.07) is -0.211. The van der Waals surface area contributed by atoms with E-state index in [2.05, 4.69) is 0 Å². The Balaban J connectivity index is 2.08. The van der Waals surface area contributed by atoms with E-state index in [-0.39, 0.29) is 29.9 Å². The van der Waals surface area contributed by atoms with E-state index in [0.717, 1.165) is 19.3 Å². The van der Waals surface area contributed by atoms with E-state index in [1.165, 1.54) is 0 Å². The number of likely N-dealkylation sites (tertiary alicyclic amines) is 1. The summed E-state index contributed by atoms with van der Waals surface area (Å²) in [5, 5.41) is 8.93. The molecule has 0 radical (unpaired) electrons. The minimum Gasteiger partial charge on any atom is -0.481 e. The fraction of sp³-hybridized carbons (Fsp3) is 0.846. The molecule has 0 aromatic rings. The Kier molecular flexibility index (Phi) is 3.61. The van der Waals surface area contributed by atoms with E-state index in [1.807, 2.05) is 6.92 Å². The van der Waals surface area contributed by atoms with Gasteiger partial charge in [-0.25, -0.2) is 0 Å². The Labute approximate surface area is 107 Å². The summed E-state index contributed by atoms with van der Waals surface area (Å²) in [5.74, 6) is -0.743. The third-order valence-corrected chi connectivity index (χ3v) is 4.35. The van der Waals surface area contributed by atoms with Crippen molar-refractivity contribution in [2.75, 3.05) is 13.7 Å². The summed E-state index contributed by atoms with van der Waals surface area (Å²) < 4.78 is 5.28. The molecule has 2 rings (SSSR count). The summed E-state index contributed by atoms with van der Waals surface area (Å²) in [6.45, 7) is 2.51. The summed E-state index contributed by atoms with van der Waals surface area (Å²) in [5.41, 5.74) is -0.264. The van der Waals surface area contributed by atoms with Gasteiger partial charge in [0.15, 0.2) is 0 Å². The maximum atomic E-state index is 12.5. The number of ether oxygens (including phenoxy) is 1. The number of carbonyl (C=O) groups is 2. The summed E-state index contributed by atoms with van der Waals surface area (Å²) >= 11 is 0. The first-order chi connectivity index (χ1) is 8.46. The van der Waals surface area contributed by atoms with Crippen LogP contribution in [0.1, 0.15) is 39.0 Å². The molecule has 1 aliphatic heterocycles. The van der Waals surface area contributed by atoms with Crippen molar-refractivity contribution in [2.45, 2.75) is 51.2 Å².